The number of carbonyl (C=O) groups is 1. The maximum Gasteiger partial charge on any atom is 0.451 e. The Bertz CT molecular complexity index is 2560. The number of hydrogen-bond acceptors (Lipinski definition) is 11. The van der Waals surface area contributed by atoms with E-state index < -0.39 is 24.1 Å². The van der Waals surface area contributed by atoms with Gasteiger partial charge in [-0.2, -0.15) is 18.4 Å². The number of carboxylic acid groups (broad SMARTS) is 1. The van der Waals surface area contributed by atoms with Gasteiger partial charge in [0.25, 0.3) is 0 Å². The second kappa shape index (κ2) is 15.2. The molecule has 12 nitrogen and oxygen atoms in total. The van der Waals surface area contributed by atoms with Crippen LogP contribution in [0.1, 0.15) is 52.9 Å². The van der Waals surface area contributed by atoms with Gasteiger partial charge in [-0.15, -0.1) is 0 Å². The van der Waals surface area contributed by atoms with Crippen LogP contribution in [0.3, 0.4) is 0 Å². The number of nitrogens with zero attached hydrogens (tertiary/aromatic N) is 7. The number of aliphatic carboxylic acids is 1. The second-order valence-electron chi connectivity index (χ2n) is 14.9. The van der Waals surface area contributed by atoms with Crippen molar-refractivity contribution in [3.63, 3.8) is 0 Å². The summed E-state index contributed by atoms with van der Waals surface area (Å²) < 4.78 is 48.5. The molecular formula is C42H39F3N8O4. The molecule has 2 aliphatic heterocycles. The summed E-state index contributed by atoms with van der Waals surface area (Å²) in [6, 6.07) is 18.7. The van der Waals surface area contributed by atoms with Crippen LogP contribution in [0, 0.1) is 31.1 Å². The number of hydrogen-bond donors (Lipinski definition) is 3. The van der Waals surface area contributed by atoms with Gasteiger partial charge in [0.05, 0.1) is 23.1 Å². The van der Waals surface area contributed by atoms with Crippen molar-refractivity contribution in [3.8, 4) is 28.7 Å². The Morgan fingerprint density at radius 1 is 0.912 bits per heavy atom. The average Bonchev–Trinajstić information content (AvgIpc) is 3.80. The van der Waals surface area contributed by atoms with Crippen molar-refractivity contribution in [2.75, 3.05) is 31.5 Å². The fraction of sp³-hybridized carbons (Fsp3) is 0.333. The quantitative estimate of drug-likeness (QED) is 0.132. The van der Waals surface area contributed by atoms with Gasteiger partial charge in [-0.05, 0) is 110 Å². The van der Waals surface area contributed by atoms with Crippen LogP contribution in [0.15, 0.2) is 65.2 Å². The predicted molar refractivity (Wildman–Crippen MR) is 206 cm³/mol. The number of likely N-dealkylation sites (tertiary alicyclic amines) is 2. The number of rotatable bonds is 9. The lowest BCUT2D eigenvalue weighted by molar-refractivity contribution is -0.145. The molecule has 0 amide bonds. The maximum absolute atomic E-state index is 14.1. The SMILES string of the molecule is Cc1c(Nc2nc(C(F)(F)F)nc3cc(CN4CC[C@@H](O)C4)cnc23)cccc1-c1cccc(-c2nc3cc(CN4CCC(C(=O)O)CC4)cc(C#N)c3o2)c1C. The number of β-amino-alcohol motifs (C(OH)–C–C–N with tert-alkyl or cyclic N) is 1. The third kappa shape index (κ3) is 7.76. The van der Waals surface area contributed by atoms with Gasteiger partial charge >= 0.3 is 12.1 Å². The number of aromatic nitrogens is 4. The number of oxazole rings is 1. The zero-order valence-corrected chi connectivity index (χ0v) is 31.3. The normalized spacial score (nSPS) is 17.0. The number of aliphatic hydroxyl groups excluding tert-OH is 1. The molecule has 3 aromatic heterocycles. The van der Waals surface area contributed by atoms with Gasteiger partial charge in [0.2, 0.25) is 11.7 Å². The molecule has 8 rings (SSSR count). The number of aliphatic hydroxyl groups is 1. The van der Waals surface area contributed by atoms with E-state index in [4.69, 9.17) is 9.40 Å². The Balaban J connectivity index is 1.09. The molecule has 6 aromatic rings. The first kappa shape index (κ1) is 37.9. The minimum atomic E-state index is -4.80. The number of alkyl halides is 3. The van der Waals surface area contributed by atoms with Gasteiger partial charge < -0.3 is 19.9 Å². The number of halogens is 3. The molecule has 1 atom stereocenters. The van der Waals surface area contributed by atoms with Gasteiger partial charge in [-0.3, -0.25) is 19.6 Å². The Morgan fingerprint density at radius 3 is 2.30 bits per heavy atom. The number of nitrogens with one attached hydrogen (secondary N) is 1. The molecule has 0 unspecified atom stereocenters. The molecule has 2 saturated heterocycles. The number of piperidine rings is 1. The molecule has 0 spiro atoms. The lowest BCUT2D eigenvalue weighted by Gasteiger charge is -2.30. The summed E-state index contributed by atoms with van der Waals surface area (Å²) in [7, 11) is 0. The lowest BCUT2D eigenvalue weighted by atomic mass is 9.93. The van der Waals surface area contributed by atoms with Gasteiger partial charge in [0, 0.05) is 43.6 Å². The predicted octanol–water partition coefficient (Wildman–Crippen LogP) is 7.61. The summed E-state index contributed by atoms with van der Waals surface area (Å²) in [5, 5.41) is 32.4. The zero-order chi connectivity index (χ0) is 40.0. The fourth-order valence-electron chi connectivity index (χ4n) is 7.90. The highest BCUT2D eigenvalue weighted by atomic mass is 19.4. The molecule has 292 valence electrons. The lowest BCUT2D eigenvalue weighted by Crippen LogP contribution is -2.35. The molecular weight excluding hydrogens is 738 g/mol. The molecule has 5 heterocycles. The van der Waals surface area contributed by atoms with Crippen LogP contribution < -0.4 is 5.32 Å². The number of carboxylic acids is 1. The van der Waals surface area contributed by atoms with E-state index in [1.807, 2.05) is 55.1 Å². The summed E-state index contributed by atoms with van der Waals surface area (Å²) >= 11 is 0. The summed E-state index contributed by atoms with van der Waals surface area (Å²) in [4.78, 5) is 32.6. The van der Waals surface area contributed by atoms with Gasteiger partial charge in [-0.1, -0.05) is 24.3 Å². The van der Waals surface area contributed by atoms with Crippen LogP contribution in [0.5, 0.6) is 0 Å². The van der Waals surface area contributed by atoms with Crippen molar-refractivity contribution in [2.45, 2.75) is 58.5 Å². The summed E-state index contributed by atoms with van der Waals surface area (Å²) in [6.45, 7) is 7.26. The van der Waals surface area contributed by atoms with Crippen molar-refractivity contribution >= 4 is 39.6 Å². The molecule has 0 bridgehead atoms. The third-order valence-electron chi connectivity index (χ3n) is 11.0. The van der Waals surface area contributed by atoms with Crippen LogP contribution in [0.2, 0.25) is 0 Å². The smallest absolute Gasteiger partial charge is 0.451 e. The first-order valence-electron chi connectivity index (χ1n) is 18.7. The van der Waals surface area contributed by atoms with E-state index in [1.54, 1.807) is 24.4 Å². The summed E-state index contributed by atoms with van der Waals surface area (Å²) in [5.74, 6) is -2.12. The number of anilines is 2. The minimum Gasteiger partial charge on any atom is -0.481 e. The summed E-state index contributed by atoms with van der Waals surface area (Å²) in [5.41, 5.74) is 7.58. The molecule has 3 N–H and O–H groups in total. The first-order valence-corrected chi connectivity index (χ1v) is 18.7. The number of benzene rings is 3. The standard InChI is InChI=1S/C42H39F3N8O4/c1-23-30(5-3-7-32(23)39-49-35-16-25(15-28(18-46)37(35)57-39)20-52-12-9-27(10-13-52)40(55)56)31-6-4-8-33(24(31)2)48-38-36-34(50-41(51-38)42(43,44)45)17-26(19-47-36)21-53-14-11-29(54)22-53/h3-8,15-17,19,27,29,54H,9-14,20-22H2,1-2H3,(H,55,56)(H,48,50,51)/t29-/m1/s1. The highest BCUT2D eigenvalue weighted by molar-refractivity contribution is 5.90. The Hall–Kier alpha value is -5.95. The molecule has 15 heteroatoms. The molecule has 3 aromatic carbocycles. The van der Waals surface area contributed by atoms with E-state index in [1.165, 1.54) is 0 Å². The minimum absolute atomic E-state index is 0.0554. The van der Waals surface area contributed by atoms with E-state index in [0.29, 0.717) is 97.9 Å². The number of fused-ring (bicyclic) bond motifs is 2. The van der Waals surface area contributed by atoms with Crippen molar-refractivity contribution < 1.29 is 32.6 Å². The van der Waals surface area contributed by atoms with Crippen LogP contribution in [-0.2, 0) is 24.1 Å². The largest absolute Gasteiger partial charge is 0.481 e. The van der Waals surface area contributed by atoms with Crippen LogP contribution >= 0.6 is 0 Å². The molecule has 0 saturated carbocycles. The maximum atomic E-state index is 14.1. The Morgan fingerprint density at radius 2 is 1.60 bits per heavy atom. The highest BCUT2D eigenvalue weighted by Crippen LogP contribution is 2.38. The second-order valence-corrected chi connectivity index (χ2v) is 14.9. The van der Waals surface area contributed by atoms with Crippen LogP contribution in [-0.4, -0.2) is 78.2 Å². The van der Waals surface area contributed by atoms with E-state index in [0.717, 1.165) is 27.8 Å². The third-order valence-corrected chi connectivity index (χ3v) is 11.0. The first-order chi connectivity index (χ1) is 27.3. The number of nitriles is 1. The van der Waals surface area contributed by atoms with Crippen molar-refractivity contribution in [1.29, 1.82) is 5.26 Å². The van der Waals surface area contributed by atoms with Crippen molar-refractivity contribution in [2.24, 2.45) is 5.92 Å². The van der Waals surface area contributed by atoms with Gasteiger partial charge in [-0.25, -0.2) is 15.0 Å². The number of pyridine rings is 1. The highest BCUT2D eigenvalue weighted by Gasteiger charge is 2.36. The summed E-state index contributed by atoms with van der Waals surface area (Å²) in [6.07, 6.45) is -1.83. The Kier molecular flexibility index (Phi) is 10.1. The molecule has 57 heavy (non-hydrogen) atoms. The van der Waals surface area contributed by atoms with E-state index >= 15 is 0 Å². The average molecular weight is 777 g/mol. The fourth-order valence-corrected chi connectivity index (χ4v) is 7.90. The van der Waals surface area contributed by atoms with Gasteiger partial charge in [0.15, 0.2) is 11.4 Å². The van der Waals surface area contributed by atoms with Crippen LogP contribution in [0.4, 0.5) is 24.7 Å². The molecule has 2 aliphatic rings. The van der Waals surface area contributed by atoms with E-state index in [9.17, 15) is 33.4 Å². The molecule has 2 fully saturated rings. The van der Waals surface area contributed by atoms with E-state index in [2.05, 4.69) is 31.2 Å². The molecule has 0 radical (unpaired) electrons. The van der Waals surface area contributed by atoms with Crippen molar-refractivity contribution in [3.05, 3.63) is 94.4 Å². The monoisotopic (exact) mass is 776 g/mol. The Labute approximate surface area is 325 Å². The zero-order valence-electron chi connectivity index (χ0n) is 31.3. The van der Waals surface area contributed by atoms with E-state index in [-0.39, 0.29) is 22.8 Å². The molecule has 0 aliphatic carbocycles. The van der Waals surface area contributed by atoms with Crippen LogP contribution in [0.25, 0.3) is 44.7 Å². The van der Waals surface area contributed by atoms with Gasteiger partial charge in [0.1, 0.15) is 17.1 Å². The van der Waals surface area contributed by atoms with Crippen molar-refractivity contribution in [1.82, 2.24) is 29.7 Å². The topological polar surface area (TPSA) is 165 Å².